The van der Waals surface area contributed by atoms with Crippen LogP contribution in [0.25, 0.3) is 115 Å². The summed E-state index contributed by atoms with van der Waals surface area (Å²) < 4.78 is 8.84. The maximum Gasteiger partial charge on any atom is 0.187 e. The number of hydrogen-bond acceptors (Lipinski definition) is 7. The van der Waals surface area contributed by atoms with E-state index in [9.17, 15) is 0 Å². The molecule has 7 aromatic carbocycles. The molecule has 0 aliphatic carbocycles. The lowest BCUT2D eigenvalue weighted by Gasteiger charge is -2.10. The van der Waals surface area contributed by atoms with Gasteiger partial charge >= 0.3 is 0 Å². The molecular formula is C50H28N6OS. The van der Waals surface area contributed by atoms with Gasteiger partial charge in [-0.3, -0.25) is 0 Å². The van der Waals surface area contributed by atoms with Crippen LogP contribution in [0.4, 0.5) is 5.69 Å². The van der Waals surface area contributed by atoms with Crippen LogP contribution in [0.1, 0.15) is 0 Å². The Kier molecular flexibility index (Phi) is 7.91. The molecule has 0 N–H and O–H groups in total. The van der Waals surface area contributed by atoms with E-state index in [0.717, 1.165) is 82.2 Å². The second-order valence-corrected chi connectivity index (χ2v) is 15.0. The summed E-state index contributed by atoms with van der Waals surface area (Å²) in [7, 11) is 0. The van der Waals surface area contributed by atoms with E-state index in [4.69, 9.17) is 35.9 Å². The van der Waals surface area contributed by atoms with Gasteiger partial charge in [0.15, 0.2) is 29.0 Å². The maximum atomic E-state index is 7.43. The van der Waals surface area contributed by atoms with E-state index >= 15 is 0 Å². The summed E-state index contributed by atoms with van der Waals surface area (Å²) in [6, 6.07) is 56.6. The Labute approximate surface area is 336 Å². The predicted octanol–water partition coefficient (Wildman–Crippen LogP) is 13.5. The molecule has 0 bridgehead atoms. The number of fused-ring (bicyclic) bond motifs is 6. The highest BCUT2D eigenvalue weighted by atomic mass is 32.1. The first-order valence-corrected chi connectivity index (χ1v) is 19.6. The molecule has 0 aliphatic rings. The molecule has 0 radical (unpaired) electrons. The van der Waals surface area contributed by atoms with Crippen molar-refractivity contribution in [2.75, 3.05) is 0 Å². The van der Waals surface area contributed by atoms with Gasteiger partial charge in [0.05, 0.1) is 22.5 Å². The fourth-order valence-electron chi connectivity index (χ4n) is 7.57. The van der Waals surface area contributed by atoms with Crippen molar-refractivity contribution in [2.24, 2.45) is 0 Å². The third kappa shape index (κ3) is 5.77. The molecule has 0 fully saturated rings. The van der Waals surface area contributed by atoms with Crippen molar-refractivity contribution in [1.82, 2.24) is 24.9 Å². The van der Waals surface area contributed by atoms with Crippen LogP contribution in [-0.2, 0) is 0 Å². The molecule has 270 valence electrons. The lowest BCUT2D eigenvalue weighted by molar-refractivity contribution is 0.669. The van der Waals surface area contributed by atoms with E-state index in [-0.39, 0.29) is 0 Å². The van der Waals surface area contributed by atoms with Crippen molar-refractivity contribution in [1.29, 1.82) is 0 Å². The van der Waals surface area contributed by atoms with Crippen LogP contribution in [0.5, 0.6) is 0 Å². The average Bonchev–Trinajstić information content (AvgIpc) is 3.87. The lowest BCUT2D eigenvalue weighted by atomic mass is 10.0. The Bertz CT molecular complexity index is 3410. The van der Waals surface area contributed by atoms with E-state index < -0.39 is 0 Å². The highest BCUT2D eigenvalue weighted by Crippen LogP contribution is 2.41. The van der Waals surface area contributed by atoms with Crippen molar-refractivity contribution >= 4 is 59.3 Å². The normalized spacial score (nSPS) is 11.4. The molecule has 11 rings (SSSR count). The minimum Gasteiger partial charge on any atom is -0.456 e. The molecular weight excluding hydrogens is 733 g/mol. The summed E-state index contributed by atoms with van der Waals surface area (Å²) in [6.07, 6.45) is 0. The number of thiophene rings is 1. The van der Waals surface area contributed by atoms with Crippen LogP contribution in [0.2, 0.25) is 0 Å². The second kappa shape index (κ2) is 13.7. The van der Waals surface area contributed by atoms with E-state index in [1.807, 2.05) is 121 Å². The van der Waals surface area contributed by atoms with Crippen LogP contribution < -0.4 is 0 Å². The van der Waals surface area contributed by atoms with Crippen molar-refractivity contribution in [2.45, 2.75) is 0 Å². The van der Waals surface area contributed by atoms with Crippen molar-refractivity contribution in [3.63, 3.8) is 0 Å². The van der Waals surface area contributed by atoms with Gasteiger partial charge in [0, 0.05) is 48.7 Å². The zero-order valence-electron chi connectivity index (χ0n) is 30.7. The van der Waals surface area contributed by atoms with Crippen LogP contribution in [0.3, 0.4) is 0 Å². The first-order valence-electron chi connectivity index (χ1n) is 18.8. The molecule has 0 unspecified atom stereocenters. The fourth-order valence-corrected chi connectivity index (χ4v) is 8.73. The smallest absolute Gasteiger partial charge is 0.187 e. The van der Waals surface area contributed by atoms with Gasteiger partial charge in [0.2, 0.25) is 0 Å². The number of nitrogens with zero attached hydrogens (tertiary/aromatic N) is 6. The molecule has 11 aromatic rings. The largest absolute Gasteiger partial charge is 0.456 e. The SMILES string of the molecule is [C-]#[N+]c1cccc(-c2ccc(-c3nc(-c4ccccc4)nc(-c4cccc5oc6cc(-c7nc(-c8ccccc8)c8sc9ccccc9c8n7)ccc6c45)n3)cc2)c1. The highest BCUT2D eigenvalue weighted by Gasteiger charge is 2.20. The molecule has 0 atom stereocenters. The Morgan fingerprint density at radius 2 is 1.09 bits per heavy atom. The predicted molar refractivity (Wildman–Crippen MR) is 234 cm³/mol. The van der Waals surface area contributed by atoms with Gasteiger partial charge in [-0.15, -0.1) is 11.3 Å². The third-order valence-corrected chi connectivity index (χ3v) is 11.5. The molecule has 0 saturated heterocycles. The maximum absolute atomic E-state index is 7.43. The van der Waals surface area contributed by atoms with Crippen molar-refractivity contribution in [3.8, 4) is 67.9 Å². The Morgan fingerprint density at radius 1 is 0.448 bits per heavy atom. The van der Waals surface area contributed by atoms with Crippen LogP contribution in [-0.4, -0.2) is 24.9 Å². The second-order valence-electron chi connectivity index (χ2n) is 13.9. The summed E-state index contributed by atoms with van der Waals surface area (Å²) >= 11 is 1.72. The molecule has 4 heterocycles. The molecule has 0 spiro atoms. The summed E-state index contributed by atoms with van der Waals surface area (Å²) in [5.41, 5.74) is 10.4. The molecule has 8 heteroatoms. The van der Waals surface area contributed by atoms with E-state index in [1.165, 1.54) is 4.70 Å². The number of hydrogen-bond donors (Lipinski definition) is 0. The van der Waals surface area contributed by atoms with E-state index in [0.29, 0.717) is 29.0 Å². The first-order chi connectivity index (χ1) is 28.7. The number of aromatic nitrogens is 5. The summed E-state index contributed by atoms with van der Waals surface area (Å²) in [4.78, 5) is 29.1. The van der Waals surface area contributed by atoms with Gasteiger partial charge in [0.1, 0.15) is 11.2 Å². The summed E-state index contributed by atoms with van der Waals surface area (Å²) in [5, 5.41) is 2.97. The number of benzene rings is 7. The van der Waals surface area contributed by atoms with Gasteiger partial charge in [-0.05, 0) is 41.5 Å². The average molecular weight is 761 g/mol. The molecule has 0 aliphatic heterocycles. The molecule has 7 nitrogen and oxygen atoms in total. The zero-order valence-corrected chi connectivity index (χ0v) is 31.5. The summed E-state index contributed by atoms with van der Waals surface area (Å²) in [6.45, 7) is 7.43. The molecule has 0 saturated carbocycles. The lowest BCUT2D eigenvalue weighted by Crippen LogP contribution is -2.00. The number of furan rings is 1. The van der Waals surface area contributed by atoms with Crippen LogP contribution >= 0.6 is 11.3 Å². The Morgan fingerprint density at radius 3 is 1.88 bits per heavy atom. The Hall–Kier alpha value is -7.86. The highest BCUT2D eigenvalue weighted by molar-refractivity contribution is 7.26. The minimum atomic E-state index is 0.542. The topological polar surface area (TPSA) is 82.0 Å². The molecule has 58 heavy (non-hydrogen) atoms. The summed E-state index contributed by atoms with van der Waals surface area (Å²) in [5.74, 6) is 2.31. The quantitative estimate of drug-likeness (QED) is 0.157. The van der Waals surface area contributed by atoms with Gasteiger partial charge in [-0.1, -0.05) is 140 Å². The van der Waals surface area contributed by atoms with E-state index in [1.54, 1.807) is 11.3 Å². The number of rotatable bonds is 6. The fraction of sp³-hybridized carbons (Fsp3) is 0. The van der Waals surface area contributed by atoms with Gasteiger partial charge in [-0.25, -0.2) is 29.8 Å². The Balaban J connectivity index is 1.05. The van der Waals surface area contributed by atoms with E-state index in [2.05, 4.69) is 53.4 Å². The monoisotopic (exact) mass is 760 g/mol. The molecule has 0 amide bonds. The standard InChI is InChI=1S/C50H28N6OS/c1-51-36-17-10-16-34(28-36)30-22-24-33(25-23-30)48-54-47(32-14-6-3-7-15-32)55-50(56-48)39-19-11-20-40-43(39)37-27-26-35(29-41(37)57-40)49-52-44(31-12-4-2-5-13-31)46-45(53-49)38-18-8-9-21-42(38)58-46/h2-29H. The van der Waals surface area contributed by atoms with Crippen LogP contribution in [0.15, 0.2) is 174 Å². The third-order valence-electron chi connectivity index (χ3n) is 10.4. The van der Waals surface area contributed by atoms with Gasteiger partial charge in [0.25, 0.3) is 0 Å². The first kappa shape index (κ1) is 33.5. The van der Waals surface area contributed by atoms with Crippen LogP contribution in [0, 0.1) is 6.57 Å². The minimum absolute atomic E-state index is 0.542. The van der Waals surface area contributed by atoms with Crippen molar-refractivity contribution in [3.05, 3.63) is 181 Å². The van der Waals surface area contributed by atoms with Gasteiger partial charge in [-0.2, -0.15) is 0 Å². The molecule has 4 aromatic heterocycles. The zero-order chi connectivity index (χ0) is 38.6. The van der Waals surface area contributed by atoms with Gasteiger partial charge < -0.3 is 4.42 Å². The van der Waals surface area contributed by atoms with Crippen molar-refractivity contribution < 1.29 is 4.42 Å².